The third-order valence-electron chi connectivity index (χ3n) is 5.63. The van der Waals surface area contributed by atoms with E-state index in [0.717, 1.165) is 37.3 Å². The number of fused-ring (bicyclic) bond motifs is 1. The molecule has 26 heavy (non-hydrogen) atoms. The van der Waals surface area contributed by atoms with Crippen molar-refractivity contribution in [2.45, 2.75) is 57.5 Å². The fraction of sp³-hybridized carbons (Fsp3) is 0.632. The molecule has 1 atom stereocenters. The molecule has 2 aromatic heterocycles. The van der Waals surface area contributed by atoms with E-state index in [1.807, 2.05) is 13.2 Å². The smallest absolute Gasteiger partial charge is 0.244 e. The lowest BCUT2D eigenvalue weighted by atomic mass is 9.96. The summed E-state index contributed by atoms with van der Waals surface area (Å²) in [5.74, 6) is 0.530. The van der Waals surface area contributed by atoms with Crippen LogP contribution in [0.5, 0.6) is 0 Å². The molecule has 1 fully saturated rings. The number of nitrogens with zero attached hydrogens (tertiary/aromatic N) is 4. The number of piperidine rings is 1. The van der Waals surface area contributed by atoms with Crippen molar-refractivity contribution in [3.63, 3.8) is 0 Å². The van der Waals surface area contributed by atoms with Crippen LogP contribution in [0.1, 0.15) is 54.2 Å². The minimum Gasteiger partial charge on any atom is -0.338 e. The number of aryl methyl sites for hydroxylation is 1. The summed E-state index contributed by atoms with van der Waals surface area (Å²) in [5, 5.41) is 15.6. The standard InChI is InChI=1S/C19H28N6O/c1-24(12-18-15-6-2-3-7-17(15)21-22-18)19(26)13-25-10-8-16(23-25)14-5-4-9-20-11-14/h8,10,14,20H,2-7,9,11-13H2,1H3,(H,21,22)/t14-/m1/s1. The Hall–Kier alpha value is -2.15. The highest BCUT2D eigenvalue weighted by atomic mass is 16.2. The Kier molecular flexibility index (Phi) is 5.06. The number of amides is 1. The average Bonchev–Trinajstić information content (AvgIpc) is 3.30. The van der Waals surface area contributed by atoms with Crippen molar-refractivity contribution in [1.82, 2.24) is 30.2 Å². The first-order chi connectivity index (χ1) is 12.7. The zero-order valence-corrected chi connectivity index (χ0v) is 15.5. The third kappa shape index (κ3) is 3.67. The normalized spacial score (nSPS) is 20.0. The number of H-pyrrole nitrogens is 1. The minimum atomic E-state index is 0.0639. The summed E-state index contributed by atoms with van der Waals surface area (Å²) >= 11 is 0. The second-order valence-electron chi connectivity index (χ2n) is 7.57. The molecule has 0 aromatic carbocycles. The highest BCUT2D eigenvalue weighted by molar-refractivity contribution is 5.75. The molecule has 3 heterocycles. The van der Waals surface area contributed by atoms with E-state index < -0.39 is 0 Å². The number of rotatable bonds is 5. The zero-order valence-electron chi connectivity index (χ0n) is 15.5. The van der Waals surface area contributed by atoms with Crippen LogP contribution in [0.15, 0.2) is 12.3 Å². The molecule has 7 heteroatoms. The Morgan fingerprint density at radius 1 is 1.35 bits per heavy atom. The van der Waals surface area contributed by atoms with Crippen molar-refractivity contribution in [2.75, 3.05) is 20.1 Å². The van der Waals surface area contributed by atoms with Crippen molar-refractivity contribution in [2.24, 2.45) is 0 Å². The quantitative estimate of drug-likeness (QED) is 0.853. The molecule has 4 rings (SSSR count). The van der Waals surface area contributed by atoms with Gasteiger partial charge < -0.3 is 10.2 Å². The van der Waals surface area contributed by atoms with Crippen LogP contribution in [-0.4, -0.2) is 50.9 Å². The van der Waals surface area contributed by atoms with E-state index in [-0.39, 0.29) is 12.5 Å². The van der Waals surface area contributed by atoms with Crippen LogP contribution < -0.4 is 5.32 Å². The molecular weight excluding hydrogens is 328 g/mol. The number of carbonyl (C=O) groups excluding carboxylic acids is 1. The summed E-state index contributed by atoms with van der Waals surface area (Å²) in [6, 6.07) is 2.05. The molecule has 0 unspecified atom stereocenters. The van der Waals surface area contributed by atoms with Crippen LogP contribution in [0.4, 0.5) is 0 Å². The number of aromatic nitrogens is 4. The Bertz CT molecular complexity index is 758. The van der Waals surface area contributed by atoms with Gasteiger partial charge in [0.1, 0.15) is 6.54 Å². The molecule has 0 spiro atoms. The highest BCUT2D eigenvalue weighted by Crippen LogP contribution is 2.23. The molecule has 1 aliphatic heterocycles. The largest absolute Gasteiger partial charge is 0.338 e. The number of nitrogens with one attached hydrogen (secondary N) is 2. The van der Waals surface area contributed by atoms with E-state index in [9.17, 15) is 4.79 Å². The molecular formula is C19H28N6O. The Morgan fingerprint density at radius 2 is 2.23 bits per heavy atom. The second kappa shape index (κ2) is 7.61. The van der Waals surface area contributed by atoms with E-state index in [0.29, 0.717) is 12.5 Å². The van der Waals surface area contributed by atoms with Gasteiger partial charge in [-0.1, -0.05) is 0 Å². The Balaban J connectivity index is 1.35. The third-order valence-corrected chi connectivity index (χ3v) is 5.63. The molecule has 140 valence electrons. The van der Waals surface area contributed by atoms with E-state index in [2.05, 4.69) is 26.7 Å². The summed E-state index contributed by atoms with van der Waals surface area (Å²) in [6.45, 7) is 2.92. The summed E-state index contributed by atoms with van der Waals surface area (Å²) in [7, 11) is 1.85. The molecule has 7 nitrogen and oxygen atoms in total. The maximum atomic E-state index is 12.6. The van der Waals surface area contributed by atoms with Gasteiger partial charge in [0.05, 0.1) is 17.9 Å². The first-order valence-electron chi connectivity index (χ1n) is 9.73. The predicted octanol–water partition coefficient (Wildman–Crippen LogP) is 1.61. The van der Waals surface area contributed by atoms with E-state index in [1.165, 1.54) is 36.9 Å². The van der Waals surface area contributed by atoms with Crippen LogP contribution in [0.3, 0.4) is 0 Å². The molecule has 0 radical (unpaired) electrons. The van der Waals surface area contributed by atoms with Gasteiger partial charge in [0.15, 0.2) is 0 Å². The van der Waals surface area contributed by atoms with E-state index in [1.54, 1.807) is 9.58 Å². The number of aromatic amines is 1. The maximum absolute atomic E-state index is 12.6. The molecule has 1 saturated heterocycles. The summed E-state index contributed by atoms with van der Waals surface area (Å²) in [4.78, 5) is 14.4. The lowest BCUT2D eigenvalue weighted by molar-refractivity contribution is -0.131. The first kappa shape index (κ1) is 17.3. The van der Waals surface area contributed by atoms with Gasteiger partial charge >= 0.3 is 0 Å². The van der Waals surface area contributed by atoms with Crippen LogP contribution in [-0.2, 0) is 30.7 Å². The molecule has 1 aliphatic carbocycles. The second-order valence-corrected chi connectivity index (χ2v) is 7.57. The average molecular weight is 356 g/mol. The lowest BCUT2D eigenvalue weighted by Crippen LogP contribution is -2.31. The van der Waals surface area contributed by atoms with Crippen molar-refractivity contribution >= 4 is 5.91 Å². The van der Waals surface area contributed by atoms with Crippen LogP contribution in [0, 0.1) is 0 Å². The molecule has 2 aliphatic rings. The van der Waals surface area contributed by atoms with Gasteiger partial charge in [-0.05, 0) is 56.7 Å². The van der Waals surface area contributed by atoms with Crippen LogP contribution in [0.2, 0.25) is 0 Å². The molecule has 0 bridgehead atoms. The van der Waals surface area contributed by atoms with Crippen molar-refractivity contribution < 1.29 is 4.79 Å². The van der Waals surface area contributed by atoms with E-state index in [4.69, 9.17) is 0 Å². The van der Waals surface area contributed by atoms with Crippen LogP contribution in [0.25, 0.3) is 0 Å². The fourth-order valence-corrected chi connectivity index (χ4v) is 4.04. The maximum Gasteiger partial charge on any atom is 0.244 e. The Labute approximate surface area is 154 Å². The van der Waals surface area contributed by atoms with Gasteiger partial charge in [-0.3, -0.25) is 14.6 Å². The minimum absolute atomic E-state index is 0.0639. The number of carbonyl (C=O) groups is 1. The summed E-state index contributed by atoms with van der Waals surface area (Å²) < 4.78 is 1.77. The van der Waals surface area contributed by atoms with Gasteiger partial charge in [-0.25, -0.2) is 0 Å². The van der Waals surface area contributed by atoms with Crippen molar-refractivity contribution in [1.29, 1.82) is 0 Å². The molecule has 2 N–H and O–H groups in total. The molecule has 0 saturated carbocycles. The van der Waals surface area contributed by atoms with Gasteiger partial charge in [-0.15, -0.1) is 0 Å². The highest BCUT2D eigenvalue weighted by Gasteiger charge is 2.21. The van der Waals surface area contributed by atoms with Gasteiger partial charge in [0, 0.05) is 31.4 Å². The molecule has 1 amide bonds. The topological polar surface area (TPSA) is 78.8 Å². The van der Waals surface area contributed by atoms with E-state index >= 15 is 0 Å². The first-order valence-corrected chi connectivity index (χ1v) is 9.73. The Morgan fingerprint density at radius 3 is 3.08 bits per heavy atom. The lowest BCUT2D eigenvalue weighted by Gasteiger charge is -2.21. The number of hydrogen-bond donors (Lipinski definition) is 2. The fourth-order valence-electron chi connectivity index (χ4n) is 4.04. The summed E-state index contributed by atoms with van der Waals surface area (Å²) in [5.41, 5.74) is 4.69. The monoisotopic (exact) mass is 356 g/mol. The number of hydrogen-bond acceptors (Lipinski definition) is 4. The number of likely N-dealkylation sites (N-methyl/N-ethyl adjacent to an activating group) is 1. The SMILES string of the molecule is CN(Cc1n[nH]c2c1CCCC2)C(=O)Cn1ccc([C@@H]2CCCNC2)n1. The van der Waals surface area contributed by atoms with Gasteiger partial charge in [0.25, 0.3) is 0 Å². The zero-order chi connectivity index (χ0) is 17.9. The van der Waals surface area contributed by atoms with Crippen molar-refractivity contribution in [3.05, 3.63) is 34.9 Å². The molecule has 2 aromatic rings. The van der Waals surface area contributed by atoms with Gasteiger partial charge in [-0.2, -0.15) is 10.2 Å². The van der Waals surface area contributed by atoms with Crippen LogP contribution >= 0.6 is 0 Å². The predicted molar refractivity (Wildman–Crippen MR) is 98.8 cm³/mol. The summed E-state index contributed by atoms with van der Waals surface area (Å²) in [6.07, 6.45) is 8.86. The van der Waals surface area contributed by atoms with Gasteiger partial charge in [0.2, 0.25) is 5.91 Å². The van der Waals surface area contributed by atoms with Crippen molar-refractivity contribution in [3.8, 4) is 0 Å².